The highest BCUT2D eigenvalue weighted by molar-refractivity contribution is 5.47. The molecule has 3 rings (SSSR count). The molecule has 0 saturated carbocycles. The molecule has 0 atom stereocenters. The number of aromatic hydroxyl groups is 1. The Morgan fingerprint density at radius 1 is 1.00 bits per heavy atom. The number of H-pyrrole nitrogens is 2. The molecule has 0 unspecified atom stereocenters. The summed E-state index contributed by atoms with van der Waals surface area (Å²) in [6.45, 7) is 0. The quantitative estimate of drug-likeness (QED) is 0.680. The van der Waals surface area contributed by atoms with Crippen LogP contribution in [-0.4, -0.2) is 22.2 Å². The lowest BCUT2D eigenvalue weighted by Crippen LogP contribution is -2.04. The van der Waals surface area contributed by atoms with Crippen LogP contribution in [0, 0.1) is 0 Å². The normalized spacial score (nSPS) is 10.9. The zero-order chi connectivity index (χ0) is 13.9. The van der Waals surface area contributed by atoms with Crippen LogP contribution in [0.5, 0.6) is 11.5 Å². The van der Waals surface area contributed by atoms with E-state index in [4.69, 9.17) is 4.74 Å². The van der Waals surface area contributed by atoms with E-state index in [9.17, 15) is 5.11 Å². The first-order valence-electron chi connectivity index (χ1n) is 6.43. The molecule has 0 aliphatic carbocycles. The Kier molecular flexibility index (Phi) is 3.21. The van der Waals surface area contributed by atoms with Gasteiger partial charge in [0.1, 0.15) is 0 Å². The van der Waals surface area contributed by atoms with Crippen LogP contribution in [-0.2, 0) is 0 Å². The van der Waals surface area contributed by atoms with E-state index in [0.29, 0.717) is 5.75 Å². The first-order valence-corrected chi connectivity index (χ1v) is 6.43. The van der Waals surface area contributed by atoms with E-state index in [0.717, 1.165) is 17.0 Å². The summed E-state index contributed by atoms with van der Waals surface area (Å²) >= 11 is 0. The van der Waals surface area contributed by atoms with E-state index in [2.05, 4.69) is 9.97 Å². The summed E-state index contributed by atoms with van der Waals surface area (Å²) in [5, 5.41) is 9.74. The molecule has 0 aliphatic heterocycles. The number of methoxy groups -OCH3 is 1. The molecule has 102 valence electrons. The van der Waals surface area contributed by atoms with E-state index in [1.807, 2.05) is 48.8 Å². The maximum atomic E-state index is 9.74. The number of hydrogen-bond acceptors (Lipinski definition) is 2. The largest absolute Gasteiger partial charge is 0.504 e. The van der Waals surface area contributed by atoms with Gasteiger partial charge in [-0.05, 0) is 42.0 Å². The molecular weight excluding hydrogens is 252 g/mol. The standard InChI is InChI=1S/C16H16N2O2/c1-20-15-10-11(6-7-14(15)19)16(12-4-2-8-17-12)13-5-3-9-18-13/h2-10,16-19H,1H3. The van der Waals surface area contributed by atoms with Gasteiger partial charge in [-0.25, -0.2) is 0 Å². The summed E-state index contributed by atoms with van der Waals surface area (Å²) < 4.78 is 5.20. The average molecular weight is 268 g/mol. The lowest BCUT2D eigenvalue weighted by molar-refractivity contribution is 0.373. The molecule has 2 aromatic heterocycles. The van der Waals surface area contributed by atoms with Gasteiger partial charge in [0.25, 0.3) is 0 Å². The van der Waals surface area contributed by atoms with Crippen molar-refractivity contribution >= 4 is 0 Å². The number of ether oxygens (including phenoxy) is 1. The predicted molar refractivity (Wildman–Crippen MR) is 77.2 cm³/mol. The third-order valence-corrected chi connectivity index (χ3v) is 3.40. The Bertz CT molecular complexity index is 638. The second-order valence-corrected chi connectivity index (χ2v) is 4.62. The van der Waals surface area contributed by atoms with Crippen LogP contribution in [0.1, 0.15) is 22.9 Å². The molecule has 0 amide bonds. The number of aromatic nitrogens is 2. The third kappa shape index (κ3) is 2.16. The van der Waals surface area contributed by atoms with Crippen molar-refractivity contribution in [1.82, 2.24) is 9.97 Å². The second-order valence-electron chi connectivity index (χ2n) is 4.62. The first kappa shape index (κ1) is 12.4. The summed E-state index contributed by atoms with van der Waals surface area (Å²) in [7, 11) is 1.55. The third-order valence-electron chi connectivity index (χ3n) is 3.40. The molecule has 3 N–H and O–H groups in total. The van der Waals surface area contributed by atoms with Gasteiger partial charge in [0.2, 0.25) is 0 Å². The van der Waals surface area contributed by atoms with Gasteiger partial charge in [-0.1, -0.05) is 6.07 Å². The van der Waals surface area contributed by atoms with E-state index in [1.54, 1.807) is 13.2 Å². The topological polar surface area (TPSA) is 61.0 Å². The highest BCUT2D eigenvalue weighted by Crippen LogP contribution is 2.35. The zero-order valence-corrected chi connectivity index (χ0v) is 11.1. The van der Waals surface area contributed by atoms with E-state index < -0.39 is 0 Å². The second kappa shape index (κ2) is 5.17. The molecule has 3 aromatic rings. The van der Waals surface area contributed by atoms with Crippen LogP contribution < -0.4 is 4.74 Å². The minimum absolute atomic E-state index is 0.0505. The number of phenols is 1. The minimum Gasteiger partial charge on any atom is -0.504 e. The Balaban J connectivity index is 2.11. The van der Waals surface area contributed by atoms with Crippen molar-refractivity contribution < 1.29 is 9.84 Å². The van der Waals surface area contributed by atoms with Gasteiger partial charge in [0.05, 0.1) is 13.0 Å². The van der Waals surface area contributed by atoms with Crippen LogP contribution in [0.2, 0.25) is 0 Å². The smallest absolute Gasteiger partial charge is 0.160 e. The van der Waals surface area contributed by atoms with Crippen LogP contribution in [0.15, 0.2) is 54.9 Å². The summed E-state index contributed by atoms with van der Waals surface area (Å²) in [6.07, 6.45) is 3.81. The van der Waals surface area contributed by atoms with Gasteiger partial charge in [-0.3, -0.25) is 0 Å². The van der Waals surface area contributed by atoms with Crippen molar-refractivity contribution in [2.45, 2.75) is 5.92 Å². The fourth-order valence-corrected chi connectivity index (χ4v) is 2.45. The number of nitrogens with one attached hydrogen (secondary N) is 2. The molecule has 0 aliphatic rings. The summed E-state index contributed by atoms with van der Waals surface area (Å²) in [5.41, 5.74) is 3.21. The van der Waals surface area contributed by atoms with Gasteiger partial charge in [-0.2, -0.15) is 0 Å². The van der Waals surface area contributed by atoms with E-state index in [1.165, 1.54) is 0 Å². The maximum absolute atomic E-state index is 9.74. The zero-order valence-electron chi connectivity index (χ0n) is 11.1. The van der Waals surface area contributed by atoms with Crippen LogP contribution >= 0.6 is 0 Å². The Hall–Kier alpha value is -2.62. The lowest BCUT2D eigenvalue weighted by atomic mass is 9.92. The van der Waals surface area contributed by atoms with Gasteiger partial charge in [-0.15, -0.1) is 0 Å². The van der Waals surface area contributed by atoms with Gasteiger partial charge >= 0.3 is 0 Å². The Labute approximate surface area is 117 Å². The fraction of sp³-hybridized carbons (Fsp3) is 0.125. The van der Waals surface area contributed by atoms with Crippen molar-refractivity contribution in [3.63, 3.8) is 0 Å². The SMILES string of the molecule is COc1cc(C(c2ccc[nH]2)c2ccc[nH]2)ccc1O. The molecular formula is C16H16N2O2. The Morgan fingerprint density at radius 2 is 1.65 bits per heavy atom. The number of hydrogen-bond donors (Lipinski definition) is 3. The number of benzene rings is 1. The average Bonchev–Trinajstić information content (AvgIpc) is 3.15. The Morgan fingerprint density at radius 3 is 2.15 bits per heavy atom. The predicted octanol–water partition coefficient (Wildman–Crippen LogP) is 3.24. The molecule has 20 heavy (non-hydrogen) atoms. The summed E-state index contributed by atoms with van der Waals surface area (Å²) in [5.74, 6) is 0.674. The lowest BCUT2D eigenvalue weighted by Gasteiger charge is -2.16. The van der Waals surface area contributed by atoms with E-state index in [-0.39, 0.29) is 11.7 Å². The molecule has 0 radical (unpaired) electrons. The van der Waals surface area contributed by atoms with Crippen molar-refractivity contribution in [2.24, 2.45) is 0 Å². The molecule has 2 heterocycles. The van der Waals surface area contributed by atoms with Crippen molar-refractivity contribution in [3.05, 3.63) is 71.8 Å². The van der Waals surface area contributed by atoms with Crippen LogP contribution in [0.4, 0.5) is 0 Å². The monoisotopic (exact) mass is 268 g/mol. The highest BCUT2D eigenvalue weighted by atomic mass is 16.5. The minimum atomic E-state index is 0.0505. The fourth-order valence-electron chi connectivity index (χ4n) is 2.45. The van der Waals surface area contributed by atoms with Gasteiger partial charge < -0.3 is 19.8 Å². The van der Waals surface area contributed by atoms with Crippen LogP contribution in [0.25, 0.3) is 0 Å². The molecule has 4 heteroatoms. The van der Waals surface area contributed by atoms with Crippen molar-refractivity contribution in [3.8, 4) is 11.5 Å². The van der Waals surface area contributed by atoms with Gasteiger partial charge in [0.15, 0.2) is 11.5 Å². The van der Waals surface area contributed by atoms with Crippen molar-refractivity contribution in [1.29, 1.82) is 0 Å². The number of rotatable bonds is 4. The number of phenolic OH excluding ortho intramolecular Hbond substituents is 1. The molecule has 0 bridgehead atoms. The number of aromatic amines is 2. The summed E-state index contributed by atoms with van der Waals surface area (Å²) in [6, 6.07) is 13.5. The first-order chi connectivity index (χ1) is 9.79. The maximum Gasteiger partial charge on any atom is 0.160 e. The molecule has 0 fully saturated rings. The van der Waals surface area contributed by atoms with E-state index >= 15 is 0 Å². The van der Waals surface area contributed by atoms with Crippen LogP contribution in [0.3, 0.4) is 0 Å². The highest BCUT2D eigenvalue weighted by Gasteiger charge is 2.19. The summed E-state index contributed by atoms with van der Waals surface area (Å²) in [4.78, 5) is 6.51. The molecule has 0 spiro atoms. The van der Waals surface area contributed by atoms with Crippen molar-refractivity contribution in [2.75, 3.05) is 7.11 Å². The molecule has 0 saturated heterocycles. The van der Waals surface area contributed by atoms with Gasteiger partial charge in [0, 0.05) is 23.8 Å². The molecule has 4 nitrogen and oxygen atoms in total. The molecule has 1 aromatic carbocycles.